The lowest BCUT2D eigenvalue weighted by Gasteiger charge is -2.10. The molecule has 0 bridgehead atoms. The molecule has 1 aromatic rings. The number of rotatable bonds is 3. The van der Waals surface area contributed by atoms with Crippen molar-refractivity contribution in [1.29, 1.82) is 0 Å². The Bertz CT molecular complexity index is 413. The summed E-state index contributed by atoms with van der Waals surface area (Å²) < 4.78 is 0. The van der Waals surface area contributed by atoms with E-state index in [-0.39, 0.29) is 17.0 Å². The quantitative estimate of drug-likeness (QED) is 0.728. The third-order valence-electron chi connectivity index (χ3n) is 2.26. The maximum atomic E-state index is 10.8. The first-order valence-electron chi connectivity index (χ1n) is 4.68. The highest BCUT2D eigenvalue weighted by Gasteiger charge is 2.20. The lowest BCUT2D eigenvalue weighted by Crippen LogP contribution is -2.06. The molecule has 0 radical (unpaired) electrons. The standard InChI is InChI=1S/C11H12O5/c1-5(2)6-3-7(10(13)14)9(12)8(4-6)11(15)16/h3-5,12H,1-2H3,(H,13,14)(H,15,16). The molecule has 0 heterocycles. The van der Waals surface area contributed by atoms with Gasteiger partial charge in [-0.2, -0.15) is 0 Å². The highest BCUT2D eigenvalue weighted by Crippen LogP contribution is 2.28. The van der Waals surface area contributed by atoms with Gasteiger partial charge < -0.3 is 15.3 Å². The van der Waals surface area contributed by atoms with Gasteiger partial charge in [-0.15, -0.1) is 0 Å². The molecule has 5 nitrogen and oxygen atoms in total. The minimum Gasteiger partial charge on any atom is -0.506 e. The van der Waals surface area contributed by atoms with E-state index in [1.165, 1.54) is 12.1 Å². The molecule has 0 saturated heterocycles. The zero-order valence-electron chi connectivity index (χ0n) is 8.89. The summed E-state index contributed by atoms with van der Waals surface area (Å²) in [5, 5.41) is 27.1. The van der Waals surface area contributed by atoms with Gasteiger partial charge in [0.2, 0.25) is 0 Å². The molecule has 1 aromatic carbocycles. The van der Waals surface area contributed by atoms with Crippen molar-refractivity contribution in [2.75, 3.05) is 0 Å². The van der Waals surface area contributed by atoms with Gasteiger partial charge >= 0.3 is 11.9 Å². The van der Waals surface area contributed by atoms with E-state index in [0.717, 1.165) is 0 Å². The van der Waals surface area contributed by atoms with E-state index in [2.05, 4.69) is 0 Å². The zero-order chi connectivity index (χ0) is 12.5. The molecule has 0 aliphatic carbocycles. The molecule has 5 heteroatoms. The van der Waals surface area contributed by atoms with Gasteiger partial charge in [0.15, 0.2) is 0 Å². The van der Waals surface area contributed by atoms with E-state index in [1.807, 2.05) is 13.8 Å². The molecule has 16 heavy (non-hydrogen) atoms. The van der Waals surface area contributed by atoms with Crippen molar-refractivity contribution in [3.63, 3.8) is 0 Å². The van der Waals surface area contributed by atoms with Gasteiger partial charge in [-0.1, -0.05) is 13.8 Å². The summed E-state index contributed by atoms with van der Waals surface area (Å²) in [6.45, 7) is 3.62. The van der Waals surface area contributed by atoms with Crippen LogP contribution in [-0.2, 0) is 0 Å². The predicted octanol–water partition coefficient (Wildman–Crippen LogP) is 1.91. The number of benzene rings is 1. The highest BCUT2D eigenvalue weighted by molar-refractivity contribution is 5.98. The number of carboxylic acids is 2. The van der Waals surface area contributed by atoms with Gasteiger partial charge in [-0.3, -0.25) is 0 Å². The van der Waals surface area contributed by atoms with Crippen LogP contribution in [0.15, 0.2) is 12.1 Å². The molecule has 3 N–H and O–H groups in total. The van der Waals surface area contributed by atoms with Crippen LogP contribution in [-0.4, -0.2) is 27.3 Å². The van der Waals surface area contributed by atoms with Crippen molar-refractivity contribution in [2.45, 2.75) is 19.8 Å². The van der Waals surface area contributed by atoms with Crippen LogP contribution in [0.5, 0.6) is 5.75 Å². The number of aromatic carboxylic acids is 2. The van der Waals surface area contributed by atoms with Gasteiger partial charge in [-0.05, 0) is 23.6 Å². The van der Waals surface area contributed by atoms with Crippen LogP contribution in [0.4, 0.5) is 0 Å². The fourth-order valence-electron chi connectivity index (χ4n) is 1.32. The van der Waals surface area contributed by atoms with Gasteiger partial charge in [0.05, 0.1) is 0 Å². The van der Waals surface area contributed by atoms with Crippen molar-refractivity contribution in [2.24, 2.45) is 0 Å². The summed E-state index contributed by atoms with van der Waals surface area (Å²) in [7, 11) is 0. The lowest BCUT2D eigenvalue weighted by molar-refractivity contribution is 0.0691. The third kappa shape index (κ3) is 2.13. The van der Waals surface area contributed by atoms with Crippen LogP contribution >= 0.6 is 0 Å². The number of carboxylic acid groups (broad SMARTS) is 2. The molecular formula is C11H12O5. The summed E-state index contributed by atoms with van der Waals surface area (Å²) in [6.07, 6.45) is 0. The zero-order valence-corrected chi connectivity index (χ0v) is 8.89. The van der Waals surface area contributed by atoms with Crippen LogP contribution < -0.4 is 0 Å². The Morgan fingerprint density at radius 1 is 1.06 bits per heavy atom. The molecule has 0 fully saturated rings. The molecule has 0 saturated carbocycles. The minimum absolute atomic E-state index is 0.0169. The summed E-state index contributed by atoms with van der Waals surface area (Å²) in [5.41, 5.74) is -0.209. The van der Waals surface area contributed by atoms with Crippen molar-refractivity contribution >= 4 is 11.9 Å². The molecular weight excluding hydrogens is 212 g/mol. The Labute approximate surface area is 92.0 Å². The lowest BCUT2D eigenvalue weighted by atomic mass is 9.96. The summed E-state index contributed by atoms with van der Waals surface area (Å²) in [4.78, 5) is 21.6. The van der Waals surface area contributed by atoms with Crippen molar-refractivity contribution in [3.8, 4) is 5.75 Å². The van der Waals surface area contributed by atoms with E-state index in [1.54, 1.807) is 0 Å². The highest BCUT2D eigenvalue weighted by atomic mass is 16.4. The van der Waals surface area contributed by atoms with Crippen molar-refractivity contribution in [1.82, 2.24) is 0 Å². The van der Waals surface area contributed by atoms with E-state index in [9.17, 15) is 14.7 Å². The van der Waals surface area contributed by atoms with Crippen molar-refractivity contribution < 1.29 is 24.9 Å². The molecule has 0 amide bonds. The van der Waals surface area contributed by atoms with Crippen LogP contribution in [0.25, 0.3) is 0 Å². The maximum absolute atomic E-state index is 10.8. The van der Waals surface area contributed by atoms with Gasteiger partial charge in [0, 0.05) is 0 Å². The second kappa shape index (κ2) is 4.22. The second-order valence-corrected chi connectivity index (χ2v) is 3.73. The third-order valence-corrected chi connectivity index (χ3v) is 2.26. The fourth-order valence-corrected chi connectivity index (χ4v) is 1.32. The maximum Gasteiger partial charge on any atom is 0.339 e. The summed E-state index contributed by atoms with van der Waals surface area (Å²) in [6, 6.07) is 2.57. The number of carbonyl (C=O) groups is 2. The SMILES string of the molecule is CC(C)c1cc(C(=O)O)c(O)c(C(=O)O)c1. The minimum atomic E-state index is -1.34. The molecule has 86 valence electrons. The fraction of sp³-hybridized carbons (Fsp3) is 0.273. The Hall–Kier alpha value is -2.04. The summed E-state index contributed by atoms with van der Waals surface area (Å²) in [5.74, 6) is -3.41. The molecule has 0 aliphatic heterocycles. The molecule has 0 atom stereocenters. The largest absolute Gasteiger partial charge is 0.506 e. The average molecular weight is 224 g/mol. The Morgan fingerprint density at radius 2 is 1.44 bits per heavy atom. The normalized spacial score (nSPS) is 10.4. The Morgan fingerprint density at radius 3 is 1.69 bits per heavy atom. The van der Waals surface area contributed by atoms with E-state index in [0.29, 0.717) is 5.56 Å². The van der Waals surface area contributed by atoms with Gasteiger partial charge in [0.1, 0.15) is 16.9 Å². The number of hydrogen-bond donors (Lipinski definition) is 3. The molecule has 0 spiro atoms. The van der Waals surface area contributed by atoms with Gasteiger partial charge in [0.25, 0.3) is 0 Å². The smallest absolute Gasteiger partial charge is 0.339 e. The van der Waals surface area contributed by atoms with E-state index in [4.69, 9.17) is 10.2 Å². The molecule has 1 rings (SSSR count). The van der Waals surface area contributed by atoms with Crippen LogP contribution in [0, 0.1) is 0 Å². The number of aromatic hydroxyl groups is 1. The first-order valence-corrected chi connectivity index (χ1v) is 4.68. The molecule has 0 aliphatic rings. The number of hydrogen-bond acceptors (Lipinski definition) is 3. The Kier molecular flexibility index (Phi) is 3.17. The Balaban J connectivity index is 3.51. The molecule has 0 aromatic heterocycles. The average Bonchev–Trinajstić information content (AvgIpc) is 2.16. The first kappa shape index (κ1) is 12.0. The topological polar surface area (TPSA) is 94.8 Å². The monoisotopic (exact) mass is 224 g/mol. The number of phenols is 1. The van der Waals surface area contributed by atoms with Gasteiger partial charge in [-0.25, -0.2) is 9.59 Å². The summed E-state index contributed by atoms with van der Waals surface area (Å²) >= 11 is 0. The second-order valence-electron chi connectivity index (χ2n) is 3.73. The van der Waals surface area contributed by atoms with Crippen LogP contribution in [0.2, 0.25) is 0 Å². The van der Waals surface area contributed by atoms with Crippen LogP contribution in [0.3, 0.4) is 0 Å². The van der Waals surface area contributed by atoms with Crippen molar-refractivity contribution in [3.05, 3.63) is 28.8 Å². The predicted molar refractivity (Wildman–Crippen MR) is 56.1 cm³/mol. The van der Waals surface area contributed by atoms with E-state index >= 15 is 0 Å². The van der Waals surface area contributed by atoms with Crippen LogP contribution in [0.1, 0.15) is 46.0 Å². The van der Waals surface area contributed by atoms with E-state index < -0.39 is 17.7 Å². The molecule has 0 unspecified atom stereocenters. The first-order chi connectivity index (χ1) is 7.34.